The maximum Gasteiger partial charge on any atom is 0.410 e. The van der Waals surface area contributed by atoms with Gasteiger partial charge in [0.2, 0.25) is 0 Å². The van der Waals surface area contributed by atoms with E-state index < -0.39 is 0 Å². The highest BCUT2D eigenvalue weighted by molar-refractivity contribution is 5.76. The molecule has 0 bridgehead atoms. The number of carbonyl (C=O) groups excluding carboxylic acids is 2. The highest BCUT2D eigenvalue weighted by Gasteiger charge is 2.30. The fraction of sp³-hybridized carbons (Fsp3) is 0.636. The molecule has 6 heteroatoms. The van der Waals surface area contributed by atoms with E-state index in [1.54, 1.807) is 4.90 Å². The SMILES string of the molecule is CNC(CC1CCN(C(=O)OCc2ccccc2)CC1)C(=O)OC1CCCC1. The van der Waals surface area contributed by atoms with Gasteiger partial charge in [0.25, 0.3) is 0 Å². The lowest BCUT2D eigenvalue weighted by molar-refractivity contribution is -0.151. The average Bonchev–Trinajstić information content (AvgIpc) is 3.24. The van der Waals surface area contributed by atoms with Crippen molar-refractivity contribution < 1.29 is 19.1 Å². The number of hydrogen-bond acceptors (Lipinski definition) is 5. The Bertz CT molecular complexity index is 623. The number of likely N-dealkylation sites (tertiary alicyclic amines) is 1. The van der Waals surface area contributed by atoms with Crippen LogP contribution in [0.3, 0.4) is 0 Å². The van der Waals surface area contributed by atoms with Crippen LogP contribution in [0.4, 0.5) is 4.79 Å². The molecule has 28 heavy (non-hydrogen) atoms. The third kappa shape index (κ3) is 5.96. The van der Waals surface area contributed by atoms with Crippen molar-refractivity contribution in [1.29, 1.82) is 0 Å². The van der Waals surface area contributed by atoms with E-state index in [2.05, 4.69) is 5.32 Å². The van der Waals surface area contributed by atoms with Gasteiger partial charge in [-0.25, -0.2) is 4.79 Å². The molecule has 2 aliphatic rings. The Morgan fingerprint density at radius 2 is 1.79 bits per heavy atom. The summed E-state index contributed by atoms with van der Waals surface area (Å²) in [7, 11) is 1.82. The van der Waals surface area contributed by atoms with E-state index in [0.29, 0.717) is 25.6 Å². The minimum atomic E-state index is -0.262. The molecule has 1 saturated carbocycles. The van der Waals surface area contributed by atoms with Crippen LogP contribution in [0.15, 0.2) is 30.3 Å². The van der Waals surface area contributed by atoms with E-state index >= 15 is 0 Å². The summed E-state index contributed by atoms with van der Waals surface area (Å²) in [6.07, 6.45) is 6.66. The molecule has 3 rings (SSSR count). The maximum atomic E-state index is 12.4. The molecule has 1 heterocycles. The summed E-state index contributed by atoms with van der Waals surface area (Å²) >= 11 is 0. The molecule has 1 atom stereocenters. The van der Waals surface area contributed by atoms with E-state index in [-0.39, 0.29) is 24.2 Å². The Morgan fingerprint density at radius 3 is 2.43 bits per heavy atom. The molecule has 0 radical (unpaired) electrons. The Balaban J connectivity index is 1.38. The number of ether oxygens (including phenoxy) is 2. The zero-order chi connectivity index (χ0) is 19.8. The highest BCUT2D eigenvalue weighted by atomic mass is 16.6. The van der Waals surface area contributed by atoms with Gasteiger partial charge in [0, 0.05) is 13.1 Å². The van der Waals surface area contributed by atoms with Crippen LogP contribution in [-0.4, -0.2) is 49.2 Å². The fourth-order valence-corrected chi connectivity index (χ4v) is 4.08. The quantitative estimate of drug-likeness (QED) is 0.724. The normalized spacial score (nSPS) is 19.4. The first-order chi connectivity index (χ1) is 13.7. The molecule has 1 amide bonds. The Hall–Kier alpha value is -2.08. The largest absolute Gasteiger partial charge is 0.461 e. The maximum absolute atomic E-state index is 12.4. The van der Waals surface area contributed by atoms with Crippen LogP contribution in [0.2, 0.25) is 0 Å². The summed E-state index contributed by atoms with van der Waals surface area (Å²) in [5.74, 6) is 0.283. The number of rotatable bonds is 7. The van der Waals surface area contributed by atoms with Crippen LogP contribution < -0.4 is 5.32 Å². The van der Waals surface area contributed by atoms with E-state index in [9.17, 15) is 9.59 Å². The van der Waals surface area contributed by atoms with Crippen LogP contribution in [0.5, 0.6) is 0 Å². The zero-order valence-corrected chi connectivity index (χ0v) is 16.8. The highest BCUT2D eigenvalue weighted by Crippen LogP contribution is 2.25. The van der Waals surface area contributed by atoms with Crippen molar-refractivity contribution in [1.82, 2.24) is 10.2 Å². The van der Waals surface area contributed by atoms with Gasteiger partial charge in [0.15, 0.2) is 0 Å². The standard InChI is InChI=1S/C22H32N2O4/c1-23-20(21(25)28-19-9-5-6-10-19)15-17-11-13-24(14-12-17)22(26)27-16-18-7-3-2-4-8-18/h2-4,7-8,17,19-20,23H,5-6,9-16H2,1H3. The van der Waals surface area contributed by atoms with Crippen LogP contribution >= 0.6 is 0 Å². The van der Waals surface area contributed by atoms with Crippen LogP contribution in [0.1, 0.15) is 50.5 Å². The first-order valence-corrected chi connectivity index (χ1v) is 10.5. The molecule has 1 aromatic carbocycles. The van der Waals surface area contributed by atoms with E-state index in [0.717, 1.165) is 50.5 Å². The van der Waals surface area contributed by atoms with E-state index in [1.807, 2.05) is 37.4 Å². The third-order valence-electron chi connectivity index (χ3n) is 5.86. The molecule has 1 aliphatic carbocycles. The number of esters is 1. The van der Waals surface area contributed by atoms with Gasteiger partial charge in [-0.15, -0.1) is 0 Å². The van der Waals surface area contributed by atoms with Gasteiger partial charge in [0.1, 0.15) is 18.8 Å². The Labute approximate surface area is 167 Å². The minimum Gasteiger partial charge on any atom is -0.461 e. The molecular weight excluding hydrogens is 356 g/mol. The molecule has 6 nitrogen and oxygen atoms in total. The number of hydrogen-bond donors (Lipinski definition) is 1. The molecule has 2 fully saturated rings. The first kappa shape index (κ1) is 20.6. The molecular formula is C22H32N2O4. The van der Waals surface area contributed by atoms with E-state index in [1.165, 1.54) is 0 Å². The Morgan fingerprint density at radius 1 is 1.11 bits per heavy atom. The van der Waals surface area contributed by atoms with Crippen molar-refractivity contribution in [2.45, 2.75) is 63.7 Å². The van der Waals surface area contributed by atoms with E-state index in [4.69, 9.17) is 9.47 Å². The molecule has 1 N–H and O–H groups in total. The van der Waals surface area contributed by atoms with Crippen molar-refractivity contribution in [3.05, 3.63) is 35.9 Å². The number of likely N-dealkylation sites (N-methyl/N-ethyl adjacent to an activating group) is 1. The number of nitrogens with one attached hydrogen (secondary N) is 1. The lowest BCUT2D eigenvalue weighted by Gasteiger charge is -2.32. The first-order valence-electron chi connectivity index (χ1n) is 10.5. The lowest BCUT2D eigenvalue weighted by Crippen LogP contribution is -2.43. The summed E-state index contributed by atoms with van der Waals surface area (Å²) in [5, 5.41) is 3.12. The smallest absolute Gasteiger partial charge is 0.410 e. The number of benzene rings is 1. The molecule has 1 aromatic rings. The number of carbonyl (C=O) groups is 2. The summed E-state index contributed by atoms with van der Waals surface area (Å²) in [6, 6.07) is 9.44. The average molecular weight is 389 g/mol. The van der Waals surface area contributed by atoms with Gasteiger partial charge >= 0.3 is 12.1 Å². The second-order valence-electron chi connectivity index (χ2n) is 7.89. The number of piperidine rings is 1. The summed E-state index contributed by atoms with van der Waals surface area (Å²) in [4.78, 5) is 26.5. The Kier molecular flexibility index (Phi) is 7.71. The van der Waals surface area contributed by atoms with Crippen LogP contribution in [-0.2, 0) is 20.9 Å². The predicted molar refractivity (Wildman–Crippen MR) is 107 cm³/mol. The fourth-order valence-electron chi connectivity index (χ4n) is 4.08. The van der Waals surface area contributed by atoms with Gasteiger partial charge in [-0.2, -0.15) is 0 Å². The predicted octanol–water partition coefficient (Wildman–Crippen LogP) is 3.50. The lowest BCUT2D eigenvalue weighted by atomic mass is 9.90. The third-order valence-corrected chi connectivity index (χ3v) is 5.86. The zero-order valence-electron chi connectivity index (χ0n) is 16.8. The van der Waals surface area contributed by atoms with Gasteiger partial charge in [0.05, 0.1) is 0 Å². The topological polar surface area (TPSA) is 67.9 Å². The molecule has 0 spiro atoms. The summed E-state index contributed by atoms with van der Waals surface area (Å²) < 4.78 is 11.1. The van der Waals surface area contributed by atoms with Crippen molar-refractivity contribution >= 4 is 12.1 Å². The van der Waals surface area contributed by atoms with Gasteiger partial charge in [-0.05, 0) is 63.5 Å². The van der Waals surface area contributed by atoms with Gasteiger partial charge in [-0.1, -0.05) is 30.3 Å². The molecule has 1 aliphatic heterocycles. The molecule has 1 unspecified atom stereocenters. The van der Waals surface area contributed by atoms with Crippen molar-refractivity contribution in [3.8, 4) is 0 Å². The van der Waals surface area contributed by atoms with Crippen molar-refractivity contribution in [2.24, 2.45) is 5.92 Å². The number of nitrogens with zero attached hydrogens (tertiary/aromatic N) is 1. The number of amides is 1. The van der Waals surface area contributed by atoms with Crippen LogP contribution in [0.25, 0.3) is 0 Å². The van der Waals surface area contributed by atoms with Crippen LogP contribution in [0, 0.1) is 5.92 Å². The van der Waals surface area contributed by atoms with Crippen molar-refractivity contribution in [3.63, 3.8) is 0 Å². The second-order valence-corrected chi connectivity index (χ2v) is 7.89. The second kappa shape index (κ2) is 10.5. The van der Waals surface area contributed by atoms with Gasteiger partial charge in [-0.3, -0.25) is 4.79 Å². The minimum absolute atomic E-state index is 0.101. The molecule has 0 aromatic heterocycles. The molecule has 154 valence electrons. The van der Waals surface area contributed by atoms with Crippen molar-refractivity contribution in [2.75, 3.05) is 20.1 Å². The summed E-state index contributed by atoms with van der Waals surface area (Å²) in [6.45, 7) is 1.65. The molecule has 1 saturated heterocycles. The van der Waals surface area contributed by atoms with Gasteiger partial charge < -0.3 is 19.7 Å². The summed E-state index contributed by atoms with van der Waals surface area (Å²) in [5.41, 5.74) is 0.989. The monoisotopic (exact) mass is 388 g/mol.